The van der Waals surface area contributed by atoms with Gasteiger partial charge in [0.25, 0.3) is 0 Å². The van der Waals surface area contributed by atoms with Crippen LogP contribution in [0.15, 0.2) is 0 Å². The minimum atomic E-state index is 0.438. The summed E-state index contributed by atoms with van der Waals surface area (Å²) >= 11 is 0. The van der Waals surface area contributed by atoms with E-state index in [-0.39, 0.29) is 0 Å². The summed E-state index contributed by atoms with van der Waals surface area (Å²) in [5.41, 5.74) is 6.41. The fraction of sp³-hybridized carbons (Fsp3) is 1.00. The van der Waals surface area contributed by atoms with Gasteiger partial charge in [-0.1, -0.05) is 65.2 Å². The maximum absolute atomic E-state index is 5.98. The molecule has 0 aliphatic heterocycles. The van der Waals surface area contributed by atoms with Crippen molar-refractivity contribution in [3.05, 3.63) is 0 Å². The highest BCUT2D eigenvalue weighted by atomic mass is 14.6. The zero-order valence-corrected chi connectivity index (χ0v) is 12.1. The van der Waals surface area contributed by atoms with Crippen molar-refractivity contribution < 1.29 is 0 Å². The first-order valence-electron chi connectivity index (χ1n) is 7.90. The van der Waals surface area contributed by atoms with E-state index in [4.69, 9.17) is 5.73 Å². The Morgan fingerprint density at radius 3 is 2.24 bits per heavy atom. The Balaban J connectivity index is 2.03. The molecule has 0 spiro atoms. The van der Waals surface area contributed by atoms with Gasteiger partial charge in [-0.05, 0) is 37.1 Å². The van der Waals surface area contributed by atoms with E-state index in [0.717, 1.165) is 12.5 Å². The van der Waals surface area contributed by atoms with Gasteiger partial charge in [-0.3, -0.25) is 0 Å². The first kappa shape index (κ1) is 15.0. The summed E-state index contributed by atoms with van der Waals surface area (Å²) in [5, 5.41) is 0. The summed E-state index contributed by atoms with van der Waals surface area (Å²) in [6, 6.07) is 0. The smallest absolute Gasteiger partial charge is 0.00232 e. The Kier molecular flexibility index (Phi) is 7.18. The van der Waals surface area contributed by atoms with Crippen molar-refractivity contribution in [2.75, 3.05) is 6.54 Å². The van der Waals surface area contributed by atoms with Crippen LogP contribution >= 0.6 is 0 Å². The minimum Gasteiger partial charge on any atom is -0.330 e. The summed E-state index contributed by atoms with van der Waals surface area (Å²) in [4.78, 5) is 0. The highest BCUT2D eigenvalue weighted by Gasteiger charge is 2.27. The van der Waals surface area contributed by atoms with Gasteiger partial charge in [0, 0.05) is 0 Å². The second-order valence-electron chi connectivity index (χ2n) is 6.51. The van der Waals surface area contributed by atoms with Crippen LogP contribution in [0.3, 0.4) is 0 Å². The molecular formula is C16H33N. The van der Waals surface area contributed by atoms with E-state index in [1.165, 1.54) is 70.6 Å². The molecule has 17 heavy (non-hydrogen) atoms. The first-order chi connectivity index (χ1) is 8.20. The monoisotopic (exact) mass is 239 g/mol. The molecule has 0 heterocycles. The highest BCUT2D eigenvalue weighted by Crippen LogP contribution is 2.39. The summed E-state index contributed by atoms with van der Waals surface area (Å²) in [6.45, 7) is 5.57. The molecule has 0 bridgehead atoms. The van der Waals surface area contributed by atoms with Gasteiger partial charge >= 0.3 is 0 Å². The van der Waals surface area contributed by atoms with Gasteiger partial charge in [0.05, 0.1) is 0 Å². The predicted octanol–water partition coefficient (Wildman–Crippen LogP) is 4.89. The third kappa shape index (κ3) is 7.08. The van der Waals surface area contributed by atoms with Gasteiger partial charge < -0.3 is 5.73 Å². The average molecular weight is 239 g/mol. The molecule has 1 nitrogen and oxygen atoms in total. The van der Waals surface area contributed by atoms with Crippen LogP contribution < -0.4 is 5.73 Å². The molecule has 0 aromatic rings. The van der Waals surface area contributed by atoms with Crippen LogP contribution in [0, 0.1) is 11.3 Å². The zero-order chi connectivity index (χ0) is 12.6. The van der Waals surface area contributed by atoms with E-state index < -0.39 is 0 Å². The molecule has 0 aromatic carbocycles. The Morgan fingerprint density at radius 2 is 1.65 bits per heavy atom. The van der Waals surface area contributed by atoms with Gasteiger partial charge in [-0.2, -0.15) is 0 Å². The number of hydrogen-bond donors (Lipinski definition) is 1. The molecule has 0 aromatic heterocycles. The second kappa shape index (κ2) is 8.13. The van der Waals surface area contributed by atoms with Gasteiger partial charge in [-0.15, -0.1) is 0 Å². The molecule has 0 radical (unpaired) electrons. The molecule has 0 saturated heterocycles. The fourth-order valence-corrected chi connectivity index (χ4v) is 2.62. The van der Waals surface area contributed by atoms with Crippen LogP contribution in [0.4, 0.5) is 0 Å². The maximum atomic E-state index is 5.98. The maximum Gasteiger partial charge on any atom is -0.00232 e. The summed E-state index contributed by atoms with van der Waals surface area (Å²) in [7, 11) is 0. The Morgan fingerprint density at radius 1 is 1.00 bits per heavy atom. The normalized spacial score (nSPS) is 19.2. The number of unbranched alkanes of at least 4 members (excludes halogenated alkanes) is 5. The lowest BCUT2D eigenvalue weighted by molar-refractivity contribution is 0.259. The molecule has 102 valence electrons. The Bertz CT molecular complexity index is 186. The Hall–Kier alpha value is -0.0400. The zero-order valence-electron chi connectivity index (χ0n) is 12.1. The molecular weight excluding hydrogens is 206 g/mol. The molecule has 1 saturated carbocycles. The van der Waals surface area contributed by atoms with Gasteiger partial charge in [-0.25, -0.2) is 0 Å². The van der Waals surface area contributed by atoms with Crippen molar-refractivity contribution in [2.45, 2.75) is 84.5 Å². The van der Waals surface area contributed by atoms with Crippen molar-refractivity contribution in [2.24, 2.45) is 17.1 Å². The van der Waals surface area contributed by atoms with E-state index in [0.29, 0.717) is 5.41 Å². The van der Waals surface area contributed by atoms with E-state index >= 15 is 0 Å². The SMILES string of the molecule is CCCCCCCCC(C)(CN)CCC1CC1. The molecule has 1 fully saturated rings. The molecule has 1 aliphatic carbocycles. The van der Waals surface area contributed by atoms with Crippen molar-refractivity contribution in [1.82, 2.24) is 0 Å². The minimum absolute atomic E-state index is 0.438. The van der Waals surface area contributed by atoms with E-state index in [9.17, 15) is 0 Å². The van der Waals surface area contributed by atoms with Crippen molar-refractivity contribution in [3.63, 3.8) is 0 Å². The molecule has 2 N–H and O–H groups in total. The summed E-state index contributed by atoms with van der Waals surface area (Å²) in [6.07, 6.45) is 15.5. The number of nitrogens with two attached hydrogens (primary N) is 1. The van der Waals surface area contributed by atoms with Crippen LogP contribution in [-0.2, 0) is 0 Å². The van der Waals surface area contributed by atoms with E-state index in [2.05, 4.69) is 13.8 Å². The largest absolute Gasteiger partial charge is 0.330 e. The van der Waals surface area contributed by atoms with Crippen LogP contribution in [0.2, 0.25) is 0 Å². The average Bonchev–Trinajstić information content (AvgIpc) is 3.15. The molecule has 1 rings (SSSR count). The summed E-state index contributed by atoms with van der Waals surface area (Å²) in [5.74, 6) is 1.06. The third-order valence-corrected chi connectivity index (χ3v) is 4.48. The molecule has 1 atom stereocenters. The molecule has 1 aliphatic rings. The number of hydrogen-bond acceptors (Lipinski definition) is 1. The van der Waals surface area contributed by atoms with Crippen LogP contribution in [0.1, 0.15) is 84.5 Å². The van der Waals surface area contributed by atoms with E-state index in [1.54, 1.807) is 0 Å². The fourth-order valence-electron chi connectivity index (χ4n) is 2.62. The van der Waals surface area contributed by atoms with Crippen LogP contribution in [-0.4, -0.2) is 6.54 Å². The van der Waals surface area contributed by atoms with Crippen LogP contribution in [0.5, 0.6) is 0 Å². The van der Waals surface area contributed by atoms with Gasteiger partial charge in [0.15, 0.2) is 0 Å². The standard InChI is InChI=1S/C16H33N/c1-3-4-5-6-7-8-12-16(2,14-17)13-11-15-9-10-15/h15H,3-14,17H2,1-2H3. The van der Waals surface area contributed by atoms with E-state index in [1.807, 2.05) is 0 Å². The topological polar surface area (TPSA) is 26.0 Å². The molecule has 1 heteroatoms. The molecule has 0 amide bonds. The number of rotatable bonds is 11. The highest BCUT2D eigenvalue weighted by molar-refractivity contribution is 4.80. The predicted molar refractivity (Wildman–Crippen MR) is 77.1 cm³/mol. The van der Waals surface area contributed by atoms with Crippen LogP contribution in [0.25, 0.3) is 0 Å². The first-order valence-corrected chi connectivity index (χ1v) is 7.90. The quantitative estimate of drug-likeness (QED) is 0.510. The lowest BCUT2D eigenvalue weighted by Gasteiger charge is -2.28. The third-order valence-electron chi connectivity index (χ3n) is 4.48. The summed E-state index contributed by atoms with van der Waals surface area (Å²) < 4.78 is 0. The lowest BCUT2D eigenvalue weighted by atomic mass is 9.80. The van der Waals surface area contributed by atoms with Crippen molar-refractivity contribution in [1.29, 1.82) is 0 Å². The second-order valence-corrected chi connectivity index (χ2v) is 6.51. The lowest BCUT2D eigenvalue weighted by Crippen LogP contribution is -2.27. The Labute approximate surface area is 109 Å². The molecule has 1 unspecified atom stereocenters. The van der Waals surface area contributed by atoms with Crippen molar-refractivity contribution in [3.8, 4) is 0 Å². The van der Waals surface area contributed by atoms with Gasteiger partial charge in [0.1, 0.15) is 0 Å². The van der Waals surface area contributed by atoms with Crippen molar-refractivity contribution >= 4 is 0 Å². The van der Waals surface area contributed by atoms with Gasteiger partial charge in [0.2, 0.25) is 0 Å².